The summed E-state index contributed by atoms with van der Waals surface area (Å²) in [4.78, 5) is 16.4. The number of imidazole rings is 1. The second-order valence-electron chi connectivity index (χ2n) is 6.13. The number of hydrogen-bond donors (Lipinski definition) is 1. The summed E-state index contributed by atoms with van der Waals surface area (Å²) in [6.45, 7) is 3.84. The topological polar surface area (TPSA) is 65.4 Å². The molecule has 25 heavy (non-hydrogen) atoms. The van der Waals surface area contributed by atoms with Crippen LogP contribution >= 0.6 is 0 Å². The minimum Gasteiger partial charge on any atom is -0.490 e. The van der Waals surface area contributed by atoms with Gasteiger partial charge < -0.3 is 19.4 Å². The highest BCUT2D eigenvalue weighted by atomic mass is 16.5. The third kappa shape index (κ3) is 4.75. The molecule has 134 valence electrons. The lowest BCUT2D eigenvalue weighted by molar-refractivity contribution is -0.122. The molecule has 0 saturated heterocycles. The van der Waals surface area contributed by atoms with Gasteiger partial charge in [-0.15, -0.1) is 0 Å². The van der Waals surface area contributed by atoms with Crippen molar-refractivity contribution in [1.29, 1.82) is 0 Å². The molecule has 0 saturated carbocycles. The Morgan fingerprint density at radius 2 is 2.12 bits per heavy atom. The van der Waals surface area contributed by atoms with Crippen LogP contribution in [-0.4, -0.2) is 34.7 Å². The van der Waals surface area contributed by atoms with Gasteiger partial charge in [-0.2, -0.15) is 0 Å². The van der Waals surface area contributed by atoms with Gasteiger partial charge in [0.25, 0.3) is 0 Å². The number of ether oxygens (including phenoxy) is 2. The first-order valence-electron chi connectivity index (χ1n) is 8.90. The van der Waals surface area contributed by atoms with Crippen molar-refractivity contribution in [2.24, 2.45) is 0 Å². The maximum absolute atomic E-state index is 12.1. The molecule has 1 atom stereocenters. The monoisotopic (exact) mass is 343 g/mol. The molecule has 0 radical (unpaired) electrons. The minimum absolute atomic E-state index is 0.0789. The third-order valence-corrected chi connectivity index (χ3v) is 4.26. The summed E-state index contributed by atoms with van der Waals surface area (Å²) in [6.07, 6.45) is 6.78. The predicted octanol–water partition coefficient (Wildman–Crippen LogP) is 2.57. The van der Waals surface area contributed by atoms with E-state index in [1.54, 1.807) is 0 Å². The molecule has 0 spiro atoms. The van der Waals surface area contributed by atoms with E-state index in [1.165, 1.54) is 0 Å². The molecule has 1 aliphatic heterocycles. The van der Waals surface area contributed by atoms with Gasteiger partial charge in [-0.25, -0.2) is 4.98 Å². The van der Waals surface area contributed by atoms with Crippen LogP contribution in [0.2, 0.25) is 0 Å². The zero-order valence-corrected chi connectivity index (χ0v) is 14.6. The summed E-state index contributed by atoms with van der Waals surface area (Å²) in [5.74, 6) is 2.65. The maximum atomic E-state index is 12.1. The average Bonchev–Trinajstić information content (AvgIpc) is 3.08. The zero-order chi connectivity index (χ0) is 17.5. The van der Waals surface area contributed by atoms with Gasteiger partial charge in [0, 0.05) is 37.8 Å². The lowest BCUT2D eigenvalue weighted by Crippen LogP contribution is -2.40. The number of amides is 1. The van der Waals surface area contributed by atoms with Crippen LogP contribution in [0.4, 0.5) is 0 Å². The SMILES string of the molecule is CCOc1ccccc1OCCCC(=O)N[C@@H]1CCc2nccn2C1. The van der Waals surface area contributed by atoms with Crippen molar-refractivity contribution in [3.63, 3.8) is 0 Å². The van der Waals surface area contributed by atoms with Crippen LogP contribution < -0.4 is 14.8 Å². The normalized spacial score (nSPS) is 16.1. The first-order valence-corrected chi connectivity index (χ1v) is 8.90. The summed E-state index contributed by atoms with van der Waals surface area (Å²) in [7, 11) is 0. The van der Waals surface area contributed by atoms with Gasteiger partial charge in [0.2, 0.25) is 5.91 Å². The van der Waals surface area contributed by atoms with E-state index in [-0.39, 0.29) is 11.9 Å². The predicted molar refractivity (Wildman–Crippen MR) is 94.8 cm³/mol. The number of rotatable bonds is 8. The second kappa shape index (κ2) is 8.55. The smallest absolute Gasteiger partial charge is 0.220 e. The molecule has 0 unspecified atom stereocenters. The number of para-hydroxylation sites is 2. The molecule has 0 fully saturated rings. The van der Waals surface area contributed by atoms with Gasteiger partial charge in [0.15, 0.2) is 11.5 Å². The lowest BCUT2D eigenvalue weighted by Gasteiger charge is -2.24. The van der Waals surface area contributed by atoms with E-state index in [0.717, 1.165) is 36.7 Å². The largest absolute Gasteiger partial charge is 0.490 e. The summed E-state index contributed by atoms with van der Waals surface area (Å²) in [5, 5.41) is 3.11. The number of aryl methyl sites for hydroxylation is 1. The van der Waals surface area contributed by atoms with Crippen molar-refractivity contribution in [3.8, 4) is 11.5 Å². The van der Waals surface area contributed by atoms with Gasteiger partial charge in [-0.3, -0.25) is 4.79 Å². The standard InChI is InChI=1S/C19H25N3O3/c1-2-24-16-6-3-4-7-17(16)25-13-5-8-19(23)21-15-9-10-18-20-11-12-22(18)14-15/h3-4,6-7,11-12,15H,2,5,8-10,13-14H2,1H3,(H,21,23)/t15-/m1/s1. The quantitative estimate of drug-likeness (QED) is 0.748. The van der Waals surface area contributed by atoms with Crippen LogP contribution in [0.1, 0.15) is 32.0 Å². The summed E-state index contributed by atoms with van der Waals surface area (Å²) in [5.41, 5.74) is 0. The van der Waals surface area contributed by atoms with Gasteiger partial charge in [-0.05, 0) is 31.9 Å². The van der Waals surface area contributed by atoms with Gasteiger partial charge in [0.05, 0.1) is 13.2 Å². The fraction of sp³-hybridized carbons (Fsp3) is 0.474. The van der Waals surface area contributed by atoms with E-state index in [4.69, 9.17) is 9.47 Å². The van der Waals surface area contributed by atoms with Crippen LogP contribution in [0.25, 0.3) is 0 Å². The number of carbonyl (C=O) groups excluding carboxylic acids is 1. The molecule has 2 heterocycles. The van der Waals surface area contributed by atoms with E-state index in [0.29, 0.717) is 26.1 Å². The minimum atomic E-state index is 0.0789. The van der Waals surface area contributed by atoms with Gasteiger partial charge in [0.1, 0.15) is 5.82 Å². The van der Waals surface area contributed by atoms with Crippen molar-refractivity contribution < 1.29 is 14.3 Å². The number of fused-ring (bicyclic) bond motifs is 1. The van der Waals surface area contributed by atoms with Gasteiger partial charge in [-0.1, -0.05) is 12.1 Å². The Hall–Kier alpha value is -2.50. The van der Waals surface area contributed by atoms with Crippen LogP contribution in [0, 0.1) is 0 Å². The van der Waals surface area contributed by atoms with E-state index in [1.807, 2.05) is 43.6 Å². The molecule has 1 aliphatic rings. The number of aromatic nitrogens is 2. The Bertz CT molecular complexity index is 699. The molecule has 0 aliphatic carbocycles. The third-order valence-electron chi connectivity index (χ3n) is 4.26. The first-order chi connectivity index (χ1) is 12.3. The first kappa shape index (κ1) is 17.3. The van der Waals surface area contributed by atoms with Gasteiger partial charge >= 0.3 is 0 Å². The Morgan fingerprint density at radius 3 is 2.92 bits per heavy atom. The van der Waals surface area contributed by atoms with Crippen LogP contribution in [-0.2, 0) is 17.8 Å². The zero-order valence-electron chi connectivity index (χ0n) is 14.6. The van der Waals surface area contributed by atoms with Crippen LogP contribution in [0.3, 0.4) is 0 Å². The molecule has 0 bridgehead atoms. The molecule has 1 aromatic carbocycles. The molecular weight excluding hydrogens is 318 g/mol. The molecule has 6 nitrogen and oxygen atoms in total. The Balaban J connectivity index is 1.37. The molecule has 1 aromatic heterocycles. The molecule has 1 N–H and O–H groups in total. The molecule has 1 amide bonds. The highest BCUT2D eigenvalue weighted by molar-refractivity contribution is 5.76. The number of hydrogen-bond acceptors (Lipinski definition) is 4. The molecule has 3 rings (SSSR count). The summed E-state index contributed by atoms with van der Waals surface area (Å²) >= 11 is 0. The average molecular weight is 343 g/mol. The van der Waals surface area contributed by atoms with E-state index >= 15 is 0 Å². The fourth-order valence-electron chi connectivity index (χ4n) is 3.04. The highest BCUT2D eigenvalue weighted by Crippen LogP contribution is 2.26. The molecular formula is C19H25N3O3. The number of nitrogens with zero attached hydrogens (tertiary/aromatic N) is 2. The number of carbonyl (C=O) groups is 1. The van der Waals surface area contributed by atoms with Crippen LogP contribution in [0.5, 0.6) is 11.5 Å². The van der Waals surface area contributed by atoms with Crippen LogP contribution in [0.15, 0.2) is 36.7 Å². The molecule has 2 aromatic rings. The highest BCUT2D eigenvalue weighted by Gasteiger charge is 2.20. The number of benzene rings is 1. The Kier molecular flexibility index (Phi) is 5.93. The molecule has 6 heteroatoms. The Morgan fingerprint density at radius 1 is 1.32 bits per heavy atom. The van der Waals surface area contributed by atoms with Crippen molar-refractivity contribution >= 4 is 5.91 Å². The van der Waals surface area contributed by atoms with Crippen molar-refractivity contribution in [2.45, 2.75) is 45.2 Å². The second-order valence-corrected chi connectivity index (χ2v) is 6.13. The van der Waals surface area contributed by atoms with Crippen molar-refractivity contribution in [3.05, 3.63) is 42.5 Å². The fourth-order valence-corrected chi connectivity index (χ4v) is 3.04. The lowest BCUT2D eigenvalue weighted by atomic mass is 10.1. The van der Waals surface area contributed by atoms with E-state index < -0.39 is 0 Å². The van der Waals surface area contributed by atoms with E-state index in [2.05, 4.69) is 14.9 Å². The summed E-state index contributed by atoms with van der Waals surface area (Å²) < 4.78 is 13.4. The summed E-state index contributed by atoms with van der Waals surface area (Å²) in [6, 6.07) is 7.79. The van der Waals surface area contributed by atoms with E-state index in [9.17, 15) is 4.79 Å². The maximum Gasteiger partial charge on any atom is 0.220 e. The Labute approximate surface area is 148 Å². The number of nitrogens with one attached hydrogen (secondary N) is 1. The van der Waals surface area contributed by atoms with Crippen molar-refractivity contribution in [2.75, 3.05) is 13.2 Å². The van der Waals surface area contributed by atoms with Crippen molar-refractivity contribution in [1.82, 2.24) is 14.9 Å².